The monoisotopic (exact) mass is 443 g/mol. The summed E-state index contributed by atoms with van der Waals surface area (Å²) in [6.07, 6.45) is 23.8. The molecule has 0 saturated carbocycles. The zero-order chi connectivity index (χ0) is 23.6. The topological polar surface area (TPSA) is 12.0 Å². The van der Waals surface area contributed by atoms with Crippen molar-refractivity contribution < 1.29 is 4.39 Å². The van der Waals surface area contributed by atoms with Gasteiger partial charge in [-0.3, -0.25) is 0 Å². The van der Waals surface area contributed by atoms with Crippen LogP contribution in [0.15, 0.2) is 48.6 Å². The first-order valence-corrected chi connectivity index (χ1v) is 13.4. The minimum atomic E-state index is -0.884. The lowest BCUT2D eigenvalue weighted by atomic mass is 9.63. The highest BCUT2D eigenvalue weighted by atomic mass is 19.1. The van der Waals surface area contributed by atoms with Crippen molar-refractivity contribution in [1.29, 1.82) is 0 Å². The van der Waals surface area contributed by atoms with E-state index in [0.29, 0.717) is 12.0 Å². The zero-order valence-corrected chi connectivity index (χ0v) is 21.6. The van der Waals surface area contributed by atoms with Crippen molar-refractivity contribution in [1.82, 2.24) is 5.32 Å². The van der Waals surface area contributed by atoms with E-state index in [1.54, 1.807) is 5.57 Å². The van der Waals surface area contributed by atoms with Crippen molar-refractivity contribution in [3.8, 4) is 0 Å². The molecule has 0 radical (unpaired) electrons. The van der Waals surface area contributed by atoms with Gasteiger partial charge >= 0.3 is 0 Å². The highest BCUT2D eigenvalue weighted by molar-refractivity contribution is 5.20. The molecule has 6 unspecified atom stereocenters. The maximum Gasteiger partial charge on any atom is 0.124 e. The fourth-order valence-corrected chi connectivity index (χ4v) is 5.73. The van der Waals surface area contributed by atoms with E-state index in [2.05, 4.69) is 76.9 Å². The Hall–Kier alpha value is -1.15. The van der Waals surface area contributed by atoms with Crippen LogP contribution < -0.4 is 5.32 Å². The second-order valence-electron chi connectivity index (χ2n) is 10.7. The van der Waals surface area contributed by atoms with Crippen LogP contribution in [-0.2, 0) is 0 Å². The molecule has 2 aliphatic carbocycles. The molecule has 32 heavy (non-hydrogen) atoms. The summed E-state index contributed by atoms with van der Waals surface area (Å²) in [7, 11) is 0. The molecule has 6 atom stereocenters. The molecule has 0 saturated heterocycles. The van der Waals surface area contributed by atoms with Gasteiger partial charge in [0.25, 0.3) is 0 Å². The number of hydrogen-bond acceptors (Lipinski definition) is 1. The summed E-state index contributed by atoms with van der Waals surface area (Å²) in [5.74, 6) is 0.862. The molecule has 0 spiro atoms. The van der Waals surface area contributed by atoms with Crippen molar-refractivity contribution in [3.63, 3.8) is 0 Å². The Morgan fingerprint density at radius 3 is 2.47 bits per heavy atom. The Morgan fingerprint density at radius 1 is 1.09 bits per heavy atom. The van der Waals surface area contributed by atoms with E-state index in [0.717, 1.165) is 45.1 Å². The van der Waals surface area contributed by atoms with Crippen LogP contribution in [0.5, 0.6) is 0 Å². The highest BCUT2D eigenvalue weighted by Gasteiger charge is 2.45. The average molecular weight is 444 g/mol. The number of alkyl halides is 1. The summed E-state index contributed by atoms with van der Waals surface area (Å²) < 4.78 is 15.2. The minimum absolute atomic E-state index is 0.0480. The van der Waals surface area contributed by atoms with Gasteiger partial charge in [-0.05, 0) is 62.2 Å². The number of rotatable bonds is 12. The summed E-state index contributed by atoms with van der Waals surface area (Å²) in [5, 5.41) is 3.85. The van der Waals surface area contributed by atoms with Crippen LogP contribution in [0, 0.1) is 22.7 Å². The SMILES string of the molecule is C=CC1(CCCC)CC(C)(CC)C(F)C=CC1CNC1C=CC(CC)C(CCCC)=CC1. The number of halogens is 1. The smallest absolute Gasteiger partial charge is 0.124 e. The molecule has 0 bridgehead atoms. The van der Waals surface area contributed by atoms with Crippen molar-refractivity contribution in [2.75, 3.05) is 6.54 Å². The maximum absolute atomic E-state index is 15.2. The third-order valence-corrected chi connectivity index (χ3v) is 8.40. The number of unbranched alkanes of at least 4 members (excludes halogenated alkanes) is 2. The van der Waals surface area contributed by atoms with Gasteiger partial charge in [-0.25, -0.2) is 4.39 Å². The molecule has 182 valence electrons. The third-order valence-electron chi connectivity index (χ3n) is 8.40. The van der Waals surface area contributed by atoms with Crippen molar-refractivity contribution in [3.05, 3.63) is 48.6 Å². The number of nitrogens with one attached hydrogen (secondary N) is 1. The molecule has 2 rings (SSSR count). The fourth-order valence-electron chi connectivity index (χ4n) is 5.73. The Morgan fingerprint density at radius 2 is 1.84 bits per heavy atom. The van der Waals surface area contributed by atoms with Crippen molar-refractivity contribution >= 4 is 0 Å². The molecule has 0 aromatic heterocycles. The normalized spacial score (nSPS) is 35.2. The molecule has 0 aliphatic heterocycles. The van der Waals surface area contributed by atoms with E-state index in [4.69, 9.17) is 0 Å². The third kappa shape index (κ3) is 6.69. The van der Waals surface area contributed by atoms with Crippen molar-refractivity contribution in [2.45, 2.75) is 111 Å². The predicted octanol–water partition coefficient (Wildman–Crippen LogP) is 8.74. The molecule has 0 amide bonds. The van der Waals surface area contributed by atoms with Gasteiger partial charge in [0.2, 0.25) is 0 Å². The molecule has 1 nitrogen and oxygen atoms in total. The second kappa shape index (κ2) is 12.9. The van der Waals surface area contributed by atoms with Gasteiger partial charge in [0.1, 0.15) is 6.17 Å². The number of hydrogen-bond donors (Lipinski definition) is 1. The van der Waals surface area contributed by atoms with Gasteiger partial charge in [0.05, 0.1) is 0 Å². The lowest BCUT2D eigenvalue weighted by Crippen LogP contribution is -2.41. The quantitative estimate of drug-likeness (QED) is 0.297. The van der Waals surface area contributed by atoms with E-state index >= 15 is 4.39 Å². The standard InChI is InChI=1S/C30H50FN/c1-7-12-14-25-16-19-27(18-15-24(25)9-3)32-22-26-17-20-28(31)29(6,10-4)23-30(26,11-5)21-13-8-2/h11,15-18,20,24,26-28,32H,5,7-10,12-14,19,21-23H2,1-4,6H3. The molecular weight excluding hydrogens is 393 g/mol. The summed E-state index contributed by atoms with van der Waals surface area (Å²) in [4.78, 5) is 0. The molecule has 2 aliphatic rings. The van der Waals surface area contributed by atoms with E-state index in [9.17, 15) is 0 Å². The first-order valence-electron chi connectivity index (χ1n) is 13.4. The van der Waals surface area contributed by atoms with Crippen LogP contribution in [0.4, 0.5) is 4.39 Å². The number of allylic oxidation sites excluding steroid dienone is 4. The Labute approximate surface area is 198 Å². The van der Waals surface area contributed by atoms with E-state index < -0.39 is 6.17 Å². The minimum Gasteiger partial charge on any atom is -0.310 e. The van der Waals surface area contributed by atoms with E-state index in [1.807, 2.05) is 6.08 Å². The first kappa shape index (κ1) is 27.1. The molecule has 0 heterocycles. The Kier molecular flexibility index (Phi) is 10.9. The lowest BCUT2D eigenvalue weighted by Gasteiger charge is -2.43. The highest BCUT2D eigenvalue weighted by Crippen LogP contribution is 2.51. The van der Waals surface area contributed by atoms with Crippen molar-refractivity contribution in [2.24, 2.45) is 22.7 Å². The molecule has 0 aromatic carbocycles. The first-order chi connectivity index (χ1) is 15.4. The zero-order valence-electron chi connectivity index (χ0n) is 21.6. The van der Waals surface area contributed by atoms with Crippen LogP contribution in [0.25, 0.3) is 0 Å². The lowest BCUT2D eigenvalue weighted by molar-refractivity contribution is 0.0782. The van der Waals surface area contributed by atoms with E-state index in [-0.39, 0.29) is 16.7 Å². The summed E-state index contributed by atoms with van der Waals surface area (Å²) in [6.45, 7) is 16.2. The van der Waals surface area contributed by atoms with Gasteiger partial charge in [0.15, 0.2) is 0 Å². The average Bonchev–Trinajstić information content (AvgIpc) is 3.07. The largest absolute Gasteiger partial charge is 0.310 e. The van der Waals surface area contributed by atoms with E-state index in [1.165, 1.54) is 25.7 Å². The second-order valence-corrected chi connectivity index (χ2v) is 10.7. The van der Waals surface area contributed by atoms with Crippen LogP contribution >= 0.6 is 0 Å². The molecule has 2 heteroatoms. The summed E-state index contributed by atoms with van der Waals surface area (Å²) in [6, 6.07) is 0.354. The molecular formula is C30H50FN. The van der Waals surface area contributed by atoms with Crippen LogP contribution in [0.1, 0.15) is 98.8 Å². The Balaban J connectivity index is 2.18. The van der Waals surface area contributed by atoms with Crippen LogP contribution in [-0.4, -0.2) is 18.8 Å². The molecule has 0 aromatic rings. The van der Waals surface area contributed by atoms with Gasteiger partial charge in [-0.15, -0.1) is 6.58 Å². The summed E-state index contributed by atoms with van der Waals surface area (Å²) in [5.41, 5.74) is 1.25. The van der Waals surface area contributed by atoms with Gasteiger partial charge in [0, 0.05) is 18.0 Å². The van der Waals surface area contributed by atoms with Crippen LogP contribution in [0.3, 0.4) is 0 Å². The molecule has 0 fully saturated rings. The predicted molar refractivity (Wildman–Crippen MR) is 140 cm³/mol. The maximum atomic E-state index is 15.2. The van der Waals surface area contributed by atoms with Crippen LogP contribution in [0.2, 0.25) is 0 Å². The Bertz CT molecular complexity index is 662. The van der Waals surface area contributed by atoms with Gasteiger partial charge in [-0.1, -0.05) is 95.9 Å². The molecule has 1 N–H and O–H groups in total. The summed E-state index contributed by atoms with van der Waals surface area (Å²) >= 11 is 0. The fraction of sp³-hybridized carbons (Fsp3) is 0.733. The van der Waals surface area contributed by atoms with Gasteiger partial charge in [-0.2, -0.15) is 0 Å². The van der Waals surface area contributed by atoms with Gasteiger partial charge < -0.3 is 5.32 Å².